The van der Waals surface area contributed by atoms with E-state index in [1.54, 1.807) is 25.1 Å². The third-order valence-electron chi connectivity index (χ3n) is 2.40. The molecule has 0 bridgehead atoms. The topological polar surface area (TPSA) is 107 Å². The fourth-order valence-electron chi connectivity index (χ4n) is 1.47. The van der Waals surface area contributed by atoms with Crippen molar-refractivity contribution in [3.63, 3.8) is 0 Å². The van der Waals surface area contributed by atoms with Crippen LogP contribution in [0.1, 0.15) is 16.1 Å². The quantitative estimate of drug-likeness (QED) is 0.849. The molecule has 0 aliphatic carbocycles. The molecule has 0 fully saturated rings. The van der Waals surface area contributed by atoms with Gasteiger partial charge in [-0.05, 0) is 31.2 Å². The summed E-state index contributed by atoms with van der Waals surface area (Å²) in [5, 5.41) is 6.15. The molecule has 1 heterocycles. The average Bonchev–Trinajstić information content (AvgIpc) is 2.82. The molecule has 0 spiro atoms. The summed E-state index contributed by atoms with van der Waals surface area (Å²) in [5.74, 6) is 0.512. The van der Waals surface area contributed by atoms with E-state index in [9.17, 15) is 9.59 Å². The lowest BCUT2D eigenvalue weighted by molar-refractivity contribution is -0.118. The molecular formula is C13H13N3O4. The summed E-state index contributed by atoms with van der Waals surface area (Å²) >= 11 is 0. The predicted octanol–water partition coefficient (Wildman–Crippen LogP) is 1.10. The van der Waals surface area contributed by atoms with Gasteiger partial charge in [-0.25, -0.2) is 0 Å². The first-order chi connectivity index (χ1) is 9.54. The fourth-order valence-corrected chi connectivity index (χ4v) is 1.47. The molecule has 0 aliphatic heterocycles. The minimum atomic E-state index is -0.518. The molecule has 2 rings (SSSR count). The van der Waals surface area contributed by atoms with E-state index in [1.165, 1.54) is 12.1 Å². The molecule has 3 N–H and O–H groups in total. The molecule has 0 saturated heterocycles. The van der Waals surface area contributed by atoms with E-state index < -0.39 is 5.91 Å². The summed E-state index contributed by atoms with van der Waals surface area (Å²) < 4.78 is 10.1. The maximum Gasteiger partial charge on any atom is 0.263 e. The monoisotopic (exact) mass is 275 g/mol. The number of carbonyl (C=O) groups is 2. The highest BCUT2D eigenvalue weighted by Crippen LogP contribution is 2.12. The summed E-state index contributed by atoms with van der Waals surface area (Å²) in [6.45, 7) is 1.54. The SMILES string of the molecule is Cc1cc(NC(=O)COc2ccc(C(N)=O)cc2)no1. The molecule has 2 amide bonds. The van der Waals surface area contributed by atoms with Crippen LogP contribution in [-0.2, 0) is 4.79 Å². The first-order valence-corrected chi connectivity index (χ1v) is 5.80. The summed E-state index contributed by atoms with van der Waals surface area (Å²) in [6.07, 6.45) is 0. The highest BCUT2D eigenvalue weighted by atomic mass is 16.5. The minimum absolute atomic E-state index is 0.179. The number of nitrogens with zero attached hydrogens (tertiary/aromatic N) is 1. The van der Waals surface area contributed by atoms with Crippen molar-refractivity contribution in [2.75, 3.05) is 11.9 Å². The maximum absolute atomic E-state index is 11.6. The van der Waals surface area contributed by atoms with Gasteiger partial charge in [0.1, 0.15) is 11.5 Å². The number of anilines is 1. The van der Waals surface area contributed by atoms with E-state index in [2.05, 4.69) is 10.5 Å². The molecule has 2 aromatic rings. The number of aryl methyl sites for hydroxylation is 1. The number of hydrogen-bond donors (Lipinski definition) is 2. The second-order valence-electron chi connectivity index (χ2n) is 4.05. The van der Waals surface area contributed by atoms with Crippen molar-refractivity contribution in [2.24, 2.45) is 5.73 Å². The number of amides is 2. The molecule has 0 unspecified atom stereocenters. The summed E-state index contributed by atoms with van der Waals surface area (Å²) in [6, 6.07) is 7.77. The Hall–Kier alpha value is -2.83. The largest absolute Gasteiger partial charge is 0.484 e. The molecule has 104 valence electrons. The molecule has 7 heteroatoms. The van der Waals surface area contributed by atoms with Crippen molar-refractivity contribution in [3.8, 4) is 5.75 Å². The van der Waals surface area contributed by atoms with Gasteiger partial charge in [0.15, 0.2) is 12.4 Å². The van der Waals surface area contributed by atoms with Gasteiger partial charge < -0.3 is 20.3 Å². The Balaban J connectivity index is 1.85. The number of aromatic nitrogens is 1. The zero-order chi connectivity index (χ0) is 14.5. The smallest absolute Gasteiger partial charge is 0.263 e. The molecule has 20 heavy (non-hydrogen) atoms. The Morgan fingerprint density at radius 2 is 2.05 bits per heavy atom. The third-order valence-corrected chi connectivity index (χ3v) is 2.40. The standard InChI is InChI=1S/C13H13N3O4/c1-8-6-11(16-20-8)15-12(17)7-19-10-4-2-9(3-5-10)13(14)18/h2-6H,7H2,1H3,(H2,14,18)(H,15,16,17). The first-order valence-electron chi connectivity index (χ1n) is 5.80. The number of rotatable bonds is 5. The number of carbonyl (C=O) groups excluding carboxylic acids is 2. The summed E-state index contributed by atoms with van der Waals surface area (Å²) in [5.41, 5.74) is 5.49. The average molecular weight is 275 g/mol. The van der Waals surface area contributed by atoms with Crippen molar-refractivity contribution in [1.29, 1.82) is 0 Å². The minimum Gasteiger partial charge on any atom is -0.484 e. The highest BCUT2D eigenvalue weighted by molar-refractivity contribution is 5.93. The summed E-state index contributed by atoms with van der Waals surface area (Å²) in [4.78, 5) is 22.5. The number of nitrogens with one attached hydrogen (secondary N) is 1. The lowest BCUT2D eigenvalue weighted by Gasteiger charge is -2.05. The zero-order valence-electron chi connectivity index (χ0n) is 10.8. The van der Waals surface area contributed by atoms with Crippen LogP contribution in [0, 0.1) is 6.92 Å². The highest BCUT2D eigenvalue weighted by Gasteiger charge is 2.07. The lowest BCUT2D eigenvalue weighted by atomic mass is 10.2. The van der Waals surface area contributed by atoms with Gasteiger partial charge in [-0.15, -0.1) is 0 Å². The number of nitrogens with two attached hydrogens (primary N) is 1. The van der Waals surface area contributed by atoms with Gasteiger partial charge in [0.2, 0.25) is 5.91 Å². The first kappa shape index (κ1) is 13.6. The van der Waals surface area contributed by atoms with Gasteiger partial charge in [0.25, 0.3) is 5.91 Å². The van der Waals surface area contributed by atoms with Gasteiger partial charge in [0, 0.05) is 11.6 Å². The van der Waals surface area contributed by atoms with E-state index in [-0.39, 0.29) is 12.5 Å². The van der Waals surface area contributed by atoms with Gasteiger partial charge in [-0.2, -0.15) is 0 Å². The van der Waals surface area contributed by atoms with Crippen LogP contribution in [0.25, 0.3) is 0 Å². The number of hydrogen-bond acceptors (Lipinski definition) is 5. The summed E-state index contributed by atoms with van der Waals surface area (Å²) in [7, 11) is 0. The van der Waals surface area contributed by atoms with E-state index in [1.807, 2.05) is 0 Å². The Bertz CT molecular complexity index is 619. The number of primary amides is 1. The van der Waals surface area contributed by atoms with Gasteiger partial charge in [-0.1, -0.05) is 5.16 Å². The molecule has 0 aliphatic rings. The molecule has 0 saturated carbocycles. The van der Waals surface area contributed by atoms with Crippen LogP contribution in [-0.4, -0.2) is 23.6 Å². The van der Waals surface area contributed by atoms with Gasteiger partial charge in [0.05, 0.1) is 0 Å². The van der Waals surface area contributed by atoms with E-state index in [0.29, 0.717) is 22.9 Å². The molecule has 0 radical (unpaired) electrons. The van der Waals surface area contributed by atoms with Crippen LogP contribution >= 0.6 is 0 Å². The van der Waals surface area contributed by atoms with Crippen LogP contribution < -0.4 is 15.8 Å². The molecule has 1 aromatic carbocycles. The third kappa shape index (κ3) is 3.58. The molecule has 1 aromatic heterocycles. The second kappa shape index (κ2) is 5.87. The van der Waals surface area contributed by atoms with Crippen LogP contribution in [0.4, 0.5) is 5.82 Å². The molecule has 7 nitrogen and oxygen atoms in total. The van der Waals surface area contributed by atoms with E-state index >= 15 is 0 Å². The second-order valence-corrected chi connectivity index (χ2v) is 4.05. The van der Waals surface area contributed by atoms with E-state index in [4.69, 9.17) is 15.0 Å². The van der Waals surface area contributed by atoms with Crippen LogP contribution in [0.5, 0.6) is 5.75 Å². The Kier molecular flexibility index (Phi) is 3.99. The number of benzene rings is 1. The Morgan fingerprint density at radius 1 is 1.35 bits per heavy atom. The van der Waals surface area contributed by atoms with Crippen LogP contribution in [0.15, 0.2) is 34.9 Å². The molecular weight excluding hydrogens is 262 g/mol. The van der Waals surface area contributed by atoms with Crippen LogP contribution in [0.2, 0.25) is 0 Å². The van der Waals surface area contributed by atoms with Crippen molar-refractivity contribution in [2.45, 2.75) is 6.92 Å². The fraction of sp³-hybridized carbons (Fsp3) is 0.154. The van der Waals surface area contributed by atoms with Gasteiger partial charge in [-0.3, -0.25) is 9.59 Å². The van der Waals surface area contributed by atoms with Crippen LogP contribution in [0.3, 0.4) is 0 Å². The van der Waals surface area contributed by atoms with Gasteiger partial charge >= 0.3 is 0 Å². The predicted molar refractivity (Wildman–Crippen MR) is 70.3 cm³/mol. The Morgan fingerprint density at radius 3 is 2.60 bits per heavy atom. The van der Waals surface area contributed by atoms with E-state index in [0.717, 1.165) is 0 Å². The normalized spacial score (nSPS) is 10.1. The van der Waals surface area contributed by atoms with Crippen molar-refractivity contribution in [3.05, 3.63) is 41.7 Å². The van der Waals surface area contributed by atoms with Crippen molar-refractivity contribution < 1.29 is 18.8 Å². The van der Waals surface area contributed by atoms with Crippen molar-refractivity contribution in [1.82, 2.24) is 5.16 Å². The zero-order valence-corrected chi connectivity index (χ0v) is 10.8. The Labute approximate surface area is 114 Å². The number of ether oxygens (including phenoxy) is 1. The molecule has 0 atom stereocenters. The van der Waals surface area contributed by atoms with Crippen molar-refractivity contribution >= 4 is 17.6 Å². The lowest BCUT2D eigenvalue weighted by Crippen LogP contribution is -2.20. The maximum atomic E-state index is 11.6.